The van der Waals surface area contributed by atoms with Crippen LogP contribution in [0.2, 0.25) is 0 Å². The van der Waals surface area contributed by atoms with E-state index in [-0.39, 0.29) is 36.1 Å². The molecule has 1 aromatic rings. The standard InChI is InChI=1S/C20H28FNO4/c1-20(2,3)26-19(24)22-11-9-15(10-12-22)17(13-18(23)25-4)14-5-7-16(21)8-6-14/h5-8,15,17H,9-13H2,1-4H3. The highest BCUT2D eigenvalue weighted by Gasteiger charge is 2.32. The monoisotopic (exact) mass is 365 g/mol. The van der Waals surface area contributed by atoms with Gasteiger partial charge in [0.1, 0.15) is 11.4 Å². The molecule has 6 heteroatoms. The molecule has 0 saturated carbocycles. The number of esters is 1. The smallest absolute Gasteiger partial charge is 0.410 e. The summed E-state index contributed by atoms with van der Waals surface area (Å²) in [5.74, 6) is -0.415. The molecule has 2 rings (SSSR count). The molecule has 0 spiro atoms. The van der Waals surface area contributed by atoms with Crippen LogP contribution in [0.3, 0.4) is 0 Å². The van der Waals surface area contributed by atoms with Gasteiger partial charge in [0.25, 0.3) is 0 Å². The van der Waals surface area contributed by atoms with Crippen LogP contribution in [0.25, 0.3) is 0 Å². The minimum absolute atomic E-state index is 0.0520. The van der Waals surface area contributed by atoms with Crippen molar-refractivity contribution in [2.24, 2.45) is 5.92 Å². The number of rotatable bonds is 4. The molecule has 1 atom stereocenters. The Hall–Kier alpha value is -2.11. The van der Waals surface area contributed by atoms with Gasteiger partial charge in [0, 0.05) is 13.1 Å². The molecule has 1 saturated heterocycles. The maximum atomic E-state index is 13.2. The molecular weight excluding hydrogens is 337 g/mol. The minimum Gasteiger partial charge on any atom is -0.469 e. The van der Waals surface area contributed by atoms with Crippen LogP contribution in [0.1, 0.15) is 51.5 Å². The molecule has 1 amide bonds. The van der Waals surface area contributed by atoms with Gasteiger partial charge in [-0.25, -0.2) is 9.18 Å². The molecule has 0 bridgehead atoms. The molecule has 1 aliphatic heterocycles. The van der Waals surface area contributed by atoms with Gasteiger partial charge in [-0.2, -0.15) is 0 Å². The quantitative estimate of drug-likeness (QED) is 0.753. The fraction of sp³-hybridized carbons (Fsp3) is 0.600. The second-order valence-electron chi connectivity index (χ2n) is 7.74. The van der Waals surface area contributed by atoms with Crippen LogP contribution in [-0.4, -0.2) is 42.8 Å². The zero-order valence-corrected chi connectivity index (χ0v) is 16.0. The van der Waals surface area contributed by atoms with Crippen molar-refractivity contribution >= 4 is 12.1 Å². The fourth-order valence-corrected chi connectivity index (χ4v) is 3.34. The summed E-state index contributed by atoms with van der Waals surface area (Å²) in [7, 11) is 1.37. The predicted molar refractivity (Wildman–Crippen MR) is 96.3 cm³/mol. The molecular formula is C20H28FNO4. The van der Waals surface area contributed by atoms with Gasteiger partial charge in [0.15, 0.2) is 0 Å². The fourth-order valence-electron chi connectivity index (χ4n) is 3.34. The lowest BCUT2D eigenvalue weighted by Gasteiger charge is -2.36. The van der Waals surface area contributed by atoms with Crippen molar-refractivity contribution in [1.29, 1.82) is 0 Å². The van der Waals surface area contributed by atoms with E-state index in [1.807, 2.05) is 20.8 Å². The third-order valence-corrected chi connectivity index (χ3v) is 4.67. The number of carbonyl (C=O) groups is 2. The lowest BCUT2D eigenvalue weighted by molar-refractivity contribution is -0.141. The molecule has 0 radical (unpaired) electrons. The van der Waals surface area contributed by atoms with E-state index in [9.17, 15) is 14.0 Å². The van der Waals surface area contributed by atoms with Crippen LogP contribution in [-0.2, 0) is 14.3 Å². The Bertz CT molecular complexity index is 616. The SMILES string of the molecule is COC(=O)CC(c1ccc(F)cc1)C1CCN(C(=O)OC(C)(C)C)CC1. The van der Waals surface area contributed by atoms with Crippen molar-refractivity contribution in [2.45, 2.75) is 51.6 Å². The lowest BCUT2D eigenvalue weighted by atomic mass is 9.78. The maximum absolute atomic E-state index is 13.2. The van der Waals surface area contributed by atoms with Crippen molar-refractivity contribution in [3.05, 3.63) is 35.6 Å². The number of hydrogen-bond acceptors (Lipinski definition) is 4. The first-order chi connectivity index (χ1) is 12.2. The number of nitrogens with zero attached hydrogens (tertiary/aromatic N) is 1. The molecule has 1 unspecified atom stereocenters. The van der Waals surface area contributed by atoms with Crippen LogP contribution >= 0.6 is 0 Å². The van der Waals surface area contributed by atoms with E-state index in [0.29, 0.717) is 13.1 Å². The zero-order valence-electron chi connectivity index (χ0n) is 16.0. The Morgan fingerprint density at radius 3 is 2.27 bits per heavy atom. The number of amides is 1. The molecule has 26 heavy (non-hydrogen) atoms. The number of methoxy groups -OCH3 is 1. The van der Waals surface area contributed by atoms with E-state index >= 15 is 0 Å². The number of carbonyl (C=O) groups excluding carboxylic acids is 2. The number of benzene rings is 1. The van der Waals surface area contributed by atoms with E-state index in [1.165, 1.54) is 19.2 Å². The number of ether oxygens (including phenoxy) is 2. The maximum Gasteiger partial charge on any atom is 0.410 e. The molecule has 1 fully saturated rings. The van der Waals surface area contributed by atoms with Crippen molar-refractivity contribution in [1.82, 2.24) is 4.90 Å². The number of halogens is 1. The minimum atomic E-state index is -0.518. The van der Waals surface area contributed by atoms with E-state index in [0.717, 1.165) is 18.4 Å². The lowest BCUT2D eigenvalue weighted by Crippen LogP contribution is -2.42. The summed E-state index contributed by atoms with van der Waals surface area (Å²) >= 11 is 0. The highest BCUT2D eigenvalue weighted by Crippen LogP contribution is 2.36. The molecule has 1 aliphatic rings. The van der Waals surface area contributed by atoms with Crippen molar-refractivity contribution in [2.75, 3.05) is 20.2 Å². The second kappa shape index (κ2) is 8.52. The molecule has 0 aromatic heterocycles. The Morgan fingerprint density at radius 1 is 1.19 bits per heavy atom. The Balaban J connectivity index is 2.05. The third-order valence-electron chi connectivity index (χ3n) is 4.67. The first-order valence-electron chi connectivity index (χ1n) is 9.00. The van der Waals surface area contributed by atoms with Gasteiger partial charge in [-0.15, -0.1) is 0 Å². The van der Waals surface area contributed by atoms with E-state index in [4.69, 9.17) is 9.47 Å². The number of piperidine rings is 1. The molecule has 0 aliphatic carbocycles. The van der Waals surface area contributed by atoms with Gasteiger partial charge in [-0.05, 0) is 63.1 Å². The second-order valence-corrected chi connectivity index (χ2v) is 7.74. The third kappa shape index (κ3) is 5.71. The van der Waals surface area contributed by atoms with E-state index < -0.39 is 5.60 Å². The molecule has 1 heterocycles. The van der Waals surface area contributed by atoms with Gasteiger partial charge < -0.3 is 14.4 Å². The van der Waals surface area contributed by atoms with Crippen LogP contribution in [0, 0.1) is 11.7 Å². The predicted octanol–water partition coefficient (Wildman–Crippen LogP) is 4.12. The topological polar surface area (TPSA) is 55.8 Å². The Labute approximate surface area is 154 Å². The summed E-state index contributed by atoms with van der Waals surface area (Å²) in [5, 5.41) is 0. The van der Waals surface area contributed by atoms with Crippen LogP contribution in [0.4, 0.5) is 9.18 Å². The van der Waals surface area contributed by atoms with Gasteiger partial charge in [-0.1, -0.05) is 12.1 Å². The van der Waals surface area contributed by atoms with Crippen LogP contribution < -0.4 is 0 Å². The van der Waals surface area contributed by atoms with Crippen molar-refractivity contribution < 1.29 is 23.5 Å². The summed E-state index contributed by atoms with van der Waals surface area (Å²) in [6.07, 6.45) is 1.47. The normalized spacial score (nSPS) is 16.9. The summed E-state index contributed by atoms with van der Waals surface area (Å²) < 4.78 is 23.5. The average Bonchev–Trinajstić information content (AvgIpc) is 2.59. The Morgan fingerprint density at radius 2 is 1.77 bits per heavy atom. The van der Waals surface area contributed by atoms with Crippen LogP contribution in [0.15, 0.2) is 24.3 Å². The summed E-state index contributed by atoms with van der Waals surface area (Å²) in [5.41, 5.74) is 0.405. The summed E-state index contributed by atoms with van der Waals surface area (Å²) in [6, 6.07) is 6.28. The largest absolute Gasteiger partial charge is 0.469 e. The highest BCUT2D eigenvalue weighted by atomic mass is 19.1. The number of hydrogen-bond donors (Lipinski definition) is 0. The summed E-state index contributed by atoms with van der Waals surface area (Å²) in [6.45, 7) is 6.70. The molecule has 5 nitrogen and oxygen atoms in total. The molecule has 0 N–H and O–H groups in total. The molecule has 144 valence electrons. The highest BCUT2D eigenvalue weighted by molar-refractivity contribution is 5.70. The Kier molecular flexibility index (Phi) is 6.62. The van der Waals surface area contributed by atoms with E-state index in [1.54, 1.807) is 17.0 Å². The van der Waals surface area contributed by atoms with Crippen LogP contribution in [0.5, 0.6) is 0 Å². The zero-order chi connectivity index (χ0) is 19.3. The van der Waals surface area contributed by atoms with Gasteiger partial charge in [0.2, 0.25) is 0 Å². The van der Waals surface area contributed by atoms with Gasteiger partial charge in [0.05, 0.1) is 13.5 Å². The van der Waals surface area contributed by atoms with Gasteiger partial charge in [-0.3, -0.25) is 4.79 Å². The molecule has 1 aromatic carbocycles. The summed E-state index contributed by atoms with van der Waals surface area (Å²) in [4.78, 5) is 25.8. The first-order valence-corrected chi connectivity index (χ1v) is 9.00. The first kappa shape index (κ1) is 20.2. The van der Waals surface area contributed by atoms with Crippen molar-refractivity contribution in [3.8, 4) is 0 Å². The van der Waals surface area contributed by atoms with E-state index in [2.05, 4.69) is 0 Å². The number of likely N-dealkylation sites (tertiary alicyclic amines) is 1. The van der Waals surface area contributed by atoms with Crippen molar-refractivity contribution in [3.63, 3.8) is 0 Å². The average molecular weight is 365 g/mol. The van der Waals surface area contributed by atoms with Gasteiger partial charge >= 0.3 is 12.1 Å².